The lowest BCUT2D eigenvalue weighted by Crippen LogP contribution is -2.22. The van der Waals surface area contributed by atoms with Crippen molar-refractivity contribution in [1.82, 2.24) is 15.3 Å². The van der Waals surface area contributed by atoms with E-state index < -0.39 is 0 Å². The molecule has 2 aromatic rings. The van der Waals surface area contributed by atoms with Crippen molar-refractivity contribution >= 4 is 16.9 Å². The summed E-state index contributed by atoms with van der Waals surface area (Å²) in [5, 5.41) is 7.93. The minimum Gasteiger partial charge on any atom is -0.351 e. The topological polar surface area (TPSA) is 49.8 Å². The summed E-state index contributed by atoms with van der Waals surface area (Å²) in [6.07, 6.45) is 1.89. The minimum atomic E-state index is 0.581. The third-order valence-corrected chi connectivity index (χ3v) is 3.88. The average molecular weight is 226 g/mol. The lowest BCUT2D eigenvalue weighted by Gasteiger charge is -2.07. The monoisotopic (exact) mass is 226 g/mol. The van der Waals surface area contributed by atoms with Crippen LogP contribution < -0.4 is 10.6 Å². The van der Waals surface area contributed by atoms with Gasteiger partial charge >= 0.3 is 0 Å². The van der Waals surface area contributed by atoms with Crippen molar-refractivity contribution < 1.29 is 0 Å². The number of nitrogens with zero attached hydrogens (tertiary/aromatic N) is 2. The predicted octanol–water partition coefficient (Wildman–Crippen LogP) is 1.26. The fourth-order valence-corrected chi connectivity index (χ4v) is 2.82. The molecule has 1 aromatic heterocycles. The summed E-state index contributed by atoms with van der Waals surface area (Å²) < 4.78 is 0. The predicted molar refractivity (Wildman–Crippen MR) is 66.8 cm³/mol. The molecule has 2 atom stereocenters. The Morgan fingerprint density at radius 1 is 1.18 bits per heavy atom. The van der Waals surface area contributed by atoms with Gasteiger partial charge in [0.05, 0.1) is 5.52 Å². The van der Waals surface area contributed by atoms with E-state index in [2.05, 4.69) is 20.6 Å². The second-order valence-electron chi connectivity index (χ2n) is 4.91. The lowest BCUT2D eigenvalue weighted by molar-refractivity contribution is 0.694. The second-order valence-corrected chi connectivity index (χ2v) is 4.91. The van der Waals surface area contributed by atoms with E-state index in [1.54, 1.807) is 0 Å². The molecule has 0 radical (unpaired) electrons. The number of rotatable bonds is 2. The normalized spacial score (nSPS) is 30.2. The number of para-hydroxylation sites is 1. The average Bonchev–Trinajstić information content (AvgIpc) is 2.82. The van der Waals surface area contributed by atoms with E-state index in [4.69, 9.17) is 0 Å². The summed E-state index contributed by atoms with van der Waals surface area (Å²) in [5.74, 6) is 2.33. The van der Waals surface area contributed by atoms with Crippen molar-refractivity contribution in [2.75, 3.05) is 18.4 Å². The number of hydrogen-bond donors (Lipinski definition) is 2. The van der Waals surface area contributed by atoms with E-state index in [0.717, 1.165) is 41.8 Å². The van der Waals surface area contributed by atoms with Crippen LogP contribution in [0.3, 0.4) is 0 Å². The van der Waals surface area contributed by atoms with Gasteiger partial charge in [0.2, 0.25) is 5.95 Å². The Morgan fingerprint density at radius 3 is 2.88 bits per heavy atom. The number of fused-ring (bicyclic) bond motifs is 2. The Labute approximate surface area is 99.5 Å². The van der Waals surface area contributed by atoms with Crippen molar-refractivity contribution in [3.05, 3.63) is 30.5 Å². The molecule has 1 saturated heterocycles. The maximum atomic E-state index is 4.54. The van der Waals surface area contributed by atoms with E-state index in [1.165, 1.54) is 0 Å². The van der Waals surface area contributed by atoms with Gasteiger partial charge in [0.1, 0.15) is 0 Å². The highest BCUT2D eigenvalue weighted by Crippen LogP contribution is 2.43. The quantitative estimate of drug-likeness (QED) is 0.809. The maximum absolute atomic E-state index is 4.54. The van der Waals surface area contributed by atoms with E-state index in [1.807, 2.05) is 30.5 Å². The molecule has 4 heteroatoms. The fourth-order valence-electron chi connectivity index (χ4n) is 2.82. The van der Waals surface area contributed by atoms with E-state index in [-0.39, 0.29) is 0 Å². The minimum absolute atomic E-state index is 0.581. The highest BCUT2D eigenvalue weighted by molar-refractivity contribution is 5.78. The molecule has 0 spiro atoms. The van der Waals surface area contributed by atoms with Crippen LogP contribution in [0.15, 0.2) is 30.5 Å². The molecular weight excluding hydrogens is 212 g/mol. The summed E-state index contributed by atoms with van der Waals surface area (Å²) >= 11 is 0. The zero-order valence-electron chi connectivity index (χ0n) is 9.43. The van der Waals surface area contributed by atoms with Crippen molar-refractivity contribution in [3.8, 4) is 0 Å². The highest BCUT2D eigenvalue weighted by atomic mass is 15.2. The third kappa shape index (κ3) is 1.48. The van der Waals surface area contributed by atoms with Crippen molar-refractivity contribution in [2.45, 2.75) is 6.04 Å². The molecule has 2 aliphatic rings. The Morgan fingerprint density at radius 2 is 2.00 bits per heavy atom. The second kappa shape index (κ2) is 3.40. The smallest absolute Gasteiger partial charge is 0.223 e. The number of piperidine rings is 1. The molecule has 0 amide bonds. The molecule has 2 N–H and O–H groups in total. The van der Waals surface area contributed by atoms with Crippen LogP contribution in [0.4, 0.5) is 5.95 Å². The van der Waals surface area contributed by atoms with Crippen molar-refractivity contribution in [3.63, 3.8) is 0 Å². The van der Waals surface area contributed by atoms with Gasteiger partial charge in [-0.15, -0.1) is 0 Å². The van der Waals surface area contributed by atoms with Crippen LogP contribution >= 0.6 is 0 Å². The molecule has 2 unspecified atom stereocenters. The molecule has 17 heavy (non-hydrogen) atoms. The van der Waals surface area contributed by atoms with Gasteiger partial charge < -0.3 is 10.6 Å². The SMILES string of the molecule is c1ccc2nc(NC3C4CNCC43)ncc2c1. The number of hydrogen-bond acceptors (Lipinski definition) is 4. The summed E-state index contributed by atoms with van der Waals surface area (Å²) in [4.78, 5) is 8.91. The van der Waals surface area contributed by atoms with Gasteiger partial charge in [-0.2, -0.15) is 0 Å². The summed E-state index contributed by atoms with van der Waals surface area (Å²) in [6, 6.07) is 8.66. The molecule has 86 valence electrons. The maximum Gasteiger partial charge on any atom is 0.223 e. The van der Waals surface area contributed by atoms with Crippen LogP contribution in [0, 0.1) is 11.8 Å². The number of benzene rings is 1. The van der Waals surface area contributed by atoms with Crippen LogP contribution in [0.25, 0.3) is 10.9 Å². The van der Waals surface area contributed by atoms with Gasteiger partial charge in [0.15, 0.2) is 0 Å². The molecule has 0 bridgehead atoms. The van der Waals surface area contributed by atoms with E-state index in [0.29, 0.717) is 6.04 Å². The summed E-state index contributed by atoms with van der Waals surface area (Å²) in [6.45, 7) is 2.27. The molecule has 1 aliphatic heterocycles. The Balaban J connectivity index is 1.59. The van der Waals surface area contributed by atoms with Crippen LogP contribution in [-0.2, 0) is 0 Å². The van der Waals surface area contributed by atoms with Gasteiger partial charge in [-0.05, 0) is 17.9 Å². The third-order valence-electron chi connectivity index (χ3n) is 3.88. The molecular formula is C13H14N4. The lowest BCUT2D eigenvalue weighted by atomic mass is 10.2. The molecule has 2 heterocycles. The first-order chi connectivity index (χ1) is 8.42. The number of nitrogens with one attached hydrogen (secondary N) is 2. The van der Waals surface area contributed by atoms with Crippen molar-refractivity contribution in [1.29, 1.82) is 0 Å². The van der Waals surface area contributed by atoms with Gasteiger partial charge in [-0.1, -0.05) is 18.2 Å². The van der Waals surface area contributed by atoms with E-state index >= 15 is 0 Å². The van der Waals surface area contributed by atoms with Gasteiger partial charge in [0, 0.05) is 30.7 Å². The highest BCUT2D eigenvalue weighted by Gasteiger charge is 2.53. The molecule has 1 saturated carbocycles. The number of aromatic nitrogens is 2. The van der Waals surface area contributed by atoms with Crippen LogP contribution in [0.2, 0.25) is 0 Å². The van der Waals surface area contributed by atoms with E-state index in [9.17, 15) is 0 Å². The largest absolute Gasteiger partial charge is 0.351 e. The first kappa shape index (κ1) is 9.36. The zero-order chi connectivity index (χ0) is 11.2. The van der Waals surface area contributed by atoms with Gasteiger partial charge in [-0.3, -0.25) is 0 Å². The van der Waals surface area contributed by atoms with Crippen molar-refractivity contribution in [2.24, 2.45) is 11.8 Å². The summed E-state index contributed by atoms with van der Waals surface area (Å²) in [7, 11) is 0. The molecule has 1 aliphatic carbocycles. The van der Waals surface area contributed by atoms with Crippen LogP contribution in [0.1, 0.15) is 0 Å². The molecule has 4 nitrogen and oxygen atoms in total. The molecule has 1 aromatic carbocycles. The first-order valence-electron chi connectivity index (χ1n) is 6.11. The number of anilines is 1. The first-order valence-corrected chi connectivity index (χ1v) is 6.11. The Hall–Kier alpha value is -1.68. The zero-order valence-corrected chi connectivity index (χ0v) is 9.43. The fraction of sp³-hybridized carbons (Fsp3) is 0.385. The molecule has 2 fully saturated rings. The Bertz CT molecular complexity index is 558. The van der Waals surface area contributed by atoms with Crippen LogP contribution in [-0.4, -0.2) is 29.1 Å². The Kier molecular flexibility index (Phi) is 1.87. The van der Waals surface area contributed by atoms with Gasteiger partial charge in [0.25, 0.3) is 0 Å². The van der Waals surface area contributed by atoms with Crippen LogP contribution in [0.5, 0.6) is 0 Å². The standard InChI is InChI=1S/C13H14N4/c1-2-4-11-8(3-1)5-15-13(16-11)17-12-9-6-14-7-10(9)12/h1-5,9-10,12,14H,6-7H2,(H,15,16,17). The summed E-state index contributed by atoms with van der Waals surface area (Å²) in [5.41, 5.74) is 1.01. The van der Waals surface area contributed by atoms with Gasteiger partial charge in [-0.25, -0.2) is 9.97 Å². The molecule has 4 rings (SSSR count).